The predicted octanol–water partition coefficient (Wildman–Crippen LogP) is 2.71. The first-order valence-electron chi connectivity index (χ1n) is 7.68. The zero-order valence-corrected chi connectivity index (χ0v) is 12.6. The third-order valence-electron chi connectivity index (χ3n) is 4.36. The molecule has 4 nitrogen and oxygen atoms in total. The van der Waals surface area contributed by atoms with E-state index in [9.17, 15) is 4.79 Å². The summed E-state index contributed by atoms with van der Waals surface area (Å²) in [6, 6.07) is 11.8. The molecule has 112 valence electrons. The maximum Gasteiger partial charge on any atom is 0.234 e. The topological polar surface area (TPSA) is 56.1 Å². The first-order valence-corrected chi connectivity index (χ1v) is 7.68. The number of amides is 1. The van der Waals surface area contributed by atoms with Crippen molar-refractivity contribution in [3.8, 4) is 6.07 Å². The van der Waals surface area contributed by atoms with E-state index in [1.54, 1.807) is 4.90 Å². The molecule has 0 spiro atoms. The molecule has 1 atom stereocenters. The Kier molecular flexibility index (Phi) is 5.35. The Labute approximate surface area is 126 Å². The van der Waals surface area contributed by atoms with Crippen molar-refractivity contribution in [2.75, 3.05) is 24.5 Å². The normalized spacial score (nSPS) is 21.5. The van der Waals surface area contributed by atoms with E-state index in [2.05, 4.69) is 18.3 Å². The van der Waals surface area contributed by atoms with E-state index in [0.717, 1.165) is 38.0 Å². The third-order valence-corrected chi connectivity index (χ3v) is 4.36. The fourth-order valence-electron chi connectivity index (χ4n) is 3.01. The van der Waals surface area contributed by atoms with Crippen LogP contribution in [0.3, 0.4) is 0 Å². The van der Waals surface area contributed by atoms with Crippen LogP contribution < -0.4 is 10.2 Å². The van der Waals surface area contributed by atoms with Crippen LogP contribution in [0.2, 0.25) is 0 Å². The third kappa shape index (κ3) is 3.43. The molecular weight excluding hydrogens is 262 g/mol. The van der Waals surface area contributed by atoms with E-state index < -0.39 is 0 Å². The van der Waals surface area contributed by atoms with Gasteiger partial charge in [0.2, 0.25) is 5.91 Å². The summed E-state index contributed by atoms with van der Waals surface area (Å²) in [6.07, 6.45) is 3.13. The minimum atomic E-state index is -0.330. The molecule has 1 N–H and O–H groups in total. The van der Waals surface area contributed by atoms with Gasteiger partial charge in [0.1, 0.15) is 0 Å². The van der Waals surface area contributed by atoms with Crippen LogP contribution in [0, 0.1) is 16.7 Å². The van der Waals surface area contributed by atoms with Crippen LogP contribution in [0.4, 0.5) is 5.69 Å². The highest BCUT2D eigenvalue weighted by atomic mass is 16.2. The molecule has 1 amide bonds. The second-order valence-electron chi connectivity index (χ2n) is 5.61. The van der Waals surface area contributed by atoms with Crippen molar-refractivity contribution < 1.29 is 4.79 Å². The summed E-state index contributed by atoms with van der Waals surface area (Å²) < 4.78 is 0. The van der Waals surface area contributed by atoms with Gasteiger partial charge in [-0.05, 0) is 37.9 Å². The van der Waals surface area contributed by atoms with Gasteiger partial charge in [-0.3, -0.25) is 4.79 Å². The molecule has 1 aliphatic heterocycles. The minimum Gasteiger partial charge on any atom is -0.316 e. The second kappa shape index (κ2) is 7.24. The monoisotopic (exact) mass is 285 g/mol. The number of carbonyl (C=O) groups is 1. The van der Waals surface area contributed by atoms with E-state index in [1.165, 1.54) is 0 Å². The Morgan fingerprint density at radius 2 is 2.19 bits per heavy atom. The minimum absolute atomic E-state index is 0.152. The molecule has 2 rings (SSSR count). The Morgan fingerprint density at radius 1 is 1.43 bits per heavy atom. The number of rotatable bonds is 5. The Hall–Kier alpha value is -1.86. The number of nitrogens with one attached hydrogen (secondary N) is 1. The Bertz CT molecular complexity index is 501. The van der Waals surface area contributed by atoms with Crippen LogP contribution >= 0.6 is 0 Å². The summed E-state index contributed by atoms with van der Waals surface area (Å²) in [7, 11) is 0. The lowest BCUT2D eigenvalue weighted by Crippen LogP contribution is -2.52. The van der Waals surface area contributed by atoms with Gasteiger partial charge in [-0.25, -0.2) is 0 Å². The van der Waals surface area contributed by atoms with E-state index in [4.69, 9.17) is 5.26 Å². The van der Waals surface area contributed by atoms with E-state index in [1.807, 2.05) is 30.3 Å². The SMILES string of the molecule is CCC1(C(=O)N(CCC#N)c2ccccc2)CCCNC1. The quantitative estimate of drug-likeness (QED) is 0.905. The van der Waals surface area contributed by atoms with Gasteiger partial charge >= 0.3 is 0 Å². The molecule has 4 heteroatoms. The number of para-hydroxylation sites is 1. The van der Waals surface area contributed by atoms with Gasteiger partial charge in [0.15, 0.2) is 0 Å². The van der Waals surface area contributed by atoms with Crippen LogP contribution in [0.15, 0.2) is 30.3 Å². The average Bonchev–Trinajstić information content (AvgIpc) is 2.56. The van der Waals surface area contributed by atoms with Crippen LogP contribution in [0.5, 0.6) is 0 Å². The van der Waals surface area contributed by atoms with E-state index >= 15 is 0 Å². The van der Waals surface area contributed by atoms with Crippen LogP contribution in [0.25, 0.3) is 0 Å². The standard InChI is InChI=1S/C17H23N3O/c1-2-17(10-6-12-19-14-17)16(21)20(13-7-11-18)15-8-4-3-5-9-15/h3-5,8-9,19H,2,6-7,10,12-14H2,1H3. The van der Waals surface area contributed by atoms with E-state index in [0.29, 0.717) is 13.0 Å². The molecule has 21 heavy (non-hydrogen) atoms. The van der Waals surface area contributed by atoms with Gasteiger partial charge in [-0.1, -0.05) is 25.1 Å². The summed E-state index contributed by atoms with van der Waals surface area (Å²) in [4.78, 5) is 14.9. The fraction of sp³-hybridized carbons (Fsp3) is 0.529. The van der Waals surface area contributed by atoms with Crippen molar-refractivity contribution in [2.45, 2.75) is 32.6 Å². The largest absolute Gasteiger partial charge is 0.316 e. The molecular formula is C17H23N3O. The molecule has 1 unspecified atom stereocenters. The number of hydrogen-bond acceptors (Lipinski definition) is 3. The van der Waals surface area contributed by atoms with Crippen molar-refractivity contribution in [3.05, 3.63) is 30.3 Å². The molecule has 0 aromatic heterocycles. The first kappa shape index (κ1) is 15.5. The van der Waals surface area contributed by atoms with Crippen LogP contribution in [-0.4, -0.2) is 25.5 Å². The zero-order chi connectivity index (χ0) is 15.1. The van der Waals surface area contributed by atoms with Crippen molar-refractivity contribution in [3.63, 3.8) is 0 Å². The predicted molar refractivity (Wildman–Crippen MR) is 83.9 cm³/mol. The lowest BCUT2D eigenvalue weighted by Gasteiger charge is -2.39. The molecule has 1 saturated heterocycles. The highest BCUT2D eigenvalue weighted by Gasteiger charge is 2.40. The van der Waals surface area contributed by atoms with Crippen molar-refractivity contribution in [1.29, 1.82) is 5.26 Å². The maximum atomic E-state index is 13.1. The highest BCUT2D eigenvalue weighted by molar-refractivity contribution is 5.97. The first-order chi connectivity index (χ1) is 10.2. The number of hydrogen-bond donors (Lipinski definition) is 1. The fourth-order valence-corrected chi connectivity index (χ4v) is 3.01. The molecule has 0 aliphatic carbocycles. The summed E-state index contributed by atoms with van der Waals surface area (Å²) in [5.41, 5.74) is 0.556. The van der Waals surface area contributed by atoms with Gasteiger partial charge in [0.25, 0.3) is 0 Å². The number of carbonyl (C=O) groups excluding carboxylic acids is 1. The molecule has 1 aromatic rings. The summed E-state index contributed by atoms with van der Waals surface area (Å²) in [5.74, 6) is 0.152. The molecule has 0 radical (unpaired) electrons. The van der Waals surface area contributed by atoms with Crippen molar-refractivity contribution in [1.82, 2.24) is 5.32 Å². The molecule has 1 fully saturated rings. The smallest absolute Gasteiger partial charge is 0.234 e. The van der Waals surface area contributed by atoms with Gasteiger partial charge in [-0.2, -0.15) is 5.26 Å². The van der Waals surface area contributed by atoms with E-state index in [-0.39, 0.29) is 11.3 Å². The van der Waals surface area contributed by atoms with Crippen molar-refractivity contribution in [2.24, 2.45) is 5.41 Å². The van der Waals surface area contributed by atoms with Crippen LogP contribution in [-0.2, 0) is 4.79 Å². The molecule has 1 heterocycles. The summed E-state index contributed by atoms with van der Waals surface area (Å²) >= 11 is 0. The van der Waals surface area contributed by atoms with Gasteiger partial charge in [0, 0.05) is 18.8 Å². The number of anilines is 1. The Balaban J connectivity index is 2.27. The number of nitriles is 1. The number of benzene rings is 1. The van der Waals surface area contributed by atoms with Gasteiger partial charge < -0.3 is 10.2 Å². The maximum absolute atomic E-state index is 13.1. The molecule has 1 aliphatic rings. The summed E-state index contributed by atoms with van der Waals surface area (Å²) in [5, 5.41) is 12.2. The average molecular weight is 285 g/mol. The molecule has 1 aromatic carbocycles. The van der Waals surface area contributed by atoms with Crippen molar-refractivity contribution >= 4 is 11.6 Å². The van der Waals surface area contributed by atoms with Gasteiger partial charge in [0.05, 0.1) is 17.9 Å². The lowest BCUT2D eigenvalue weighted by atomic mass is 9.77. The molecule has 0 bridgehead atoms. The molecule has 0 saturated carbocycles. The highest BCUT2D eigenvalue weighted by Crippen LogP contribution is 2.34. The van der Waals surface area contributed by atoms with Gasteiger partial charge in [-0.15, -0.1) is 0 Å². The second-order valence-corrected chi connectivity index (χ2v) is 5.61. The summed E-state index contributed by atoms with van der Waals surface area (Å²) in [6.45, 7) is 4.26. The Morgan fingerprint density at radius 3 is 2.76 bits per heavy atom. The zero-order valence-electron chi connectivity index (χ0n) is 12.6. The van der Waals surface area contributed by atoms with Crippen LogP contribution in [0.1, 0.15) is 32.6 Å². The lowest BCUT2D eigenvalue weighted by molar-refractivity contribution is -0.129. The number of nitrogens with zero attached hydrogens (tertiary/aromatic N) is 2. The number of piperidine rings is 1.